The minimum Gasteiger partial charge on any atom is -0.428 e. The molecule has 0 atom stereocenters. The number of para-hydroxylation sites is 3. The Bertz CT molecular complexity index is 1290. The summed E-state index contributed by atoms with van der Waals surface area (Å²) in [6.07, 6.45) is 1.52. The van der Waals surface area contributed by atoms with Crippen molar-refractivity contribution in [2.24, 2.45) is 0 Å². The van der Waals surface area contributed by atoms with Crippen LogP contribution >= 0.6 is 0 Å². The zero-order valence-electron chi connectivity index (χ0n) is 20.9. The lowest BCUT2D eigenvalue weighted by atomic mass is 10.0. The number of fused-ring (bicyclic) bond motifs is 1. The van der Waals surface area contributed by atoms with Gasteiger partial charge < -0.3 is 19.4 Å². The first-order chi connectivity index (χ1) is 16.8. The van der Waals surface area contributed by atoms with Gasteiger partial charge in [0.25, 0.3) is 0 Å². The smallest absolute Gasteiger partial charge is 0.428 e. The average Bonchev–Trinajstić information content (AvgIpc) is 3.16. The standard InChI is InChI=1S/C29H33N3O3/c1-5-6-19-30-27-31-24-12-8-9-13-25(24)32(27)20-21-15-17-22(18-16-21)23-11-7-10-14-26(23)34-28(33)35-29(2,3)4/h7-18H,5-6,19-20H2,1-4H3,(H,30,31). The molecule has 0 spiro atoms. The fourth-order valence-electron chi connectivity index (χ4n) is 3.87. The van der Waals surface area contributed by atoms with Crippen molar-refractivity contribution in [2.45, 2.75) is 52.7 Å². The second kappa shape index (κ2) is 10.6. The van der Waals surface area contributed by atoms with Crippen molar-refractivity contribution in [3.05, 3.63) is 78.4 Å². The molecule has 0 radical (unpaired) electrons. The van der Waals surface area contributed by atoms with Gasteiger partial charge in [-0.3, -0.25) is 0 Å². The van der Waals surface area contributed by atoms with E-state index in [9.17, 15) is 4.79 Å². The normalized spacial score (nSPS) is 11.4. The fourth-order valence-corrected chi connectivity index (χ4v) is 3.87. The van der Waals surface area contributed by atoms with E-state index in [1.807, 2.05) is 57.2 Å². The van der Waals surface area contributed by atoms with Crippen LogP contribution in [0.25, 0.3) is 22.2 Å². The number of ether oxygens (including phenoxy) is 2. The van der Waals surface area contributed by atoms with Crippen LogP contribution in [0.2, 0.25) is 0 Å². The summed E-state index contributed by atoms with van der Waals surface area (Å²) in [6, 6.07) is 24.0. The van der Waals surface area contributed by atoms with Gasteiger partial charge in [-0.15, -0.1) is 0 Å². The number of imidazole rings is 1. The number of hydrogen-bond acceptors (Lipinski definition) is 5. The largest absolute Gasteiger partial charge is 0.514 e. The second-order valence-corrected chi connectivity index (χ2v) is 9.55. The molecular weight excluding hydrogens is 438 g/mol. The van der Waals surface area contributed by atoms with Crippen LogP contribution in [0.4, 0.5) is 10.7 Å². The summed E-state index contributed by atoms with van der Waals surface area (Å²) in [5.41, 5.74) is 4.42. The number of rotatable bonds is 8. The van der Waals surface area contributed by atoms with E-state index in [1.165, 1.54) is 0 Å². The Hall–Kier alpha value is -3.80. The molecular formula is C29H33N3O3. The number of carbonyl (C=O) groups is 1. The highest BCUT2D eigenvalue weighted by Gasteiger charge is 2.19. The van der Waals surface area contributed by atoms with E-state index in [2.05, 4.69) is 47.1 Å². The summed E-state index contributed by atoms with van der Waals surface area (Å²) in [4.78, 5) is 17.0. The molecule has 182 valence electrons. The molecule has 6 heteroatoms. The number of anilines is 1. The number of nitrogens with zero attached hydrogens (tertiary/aromatic N) is 2. The third-order valence-corrected chi connectivity index (χ3v) is 5.54. The number of aromatic nitrogens is 2. The number of carbonyl (C=O) groups excluding carboxylic acids is 1. The Morgan fingerprint density at radius 3 is 2.43 bits per heavy atom. The van der Waals surface area contributed by atoms with Crippen LogP contribution in [0.1, 0.15) is 46.1 Å². The predicted octanol–water partition coefficient (Wildman–Crippen LogP) is 7.28. The minimum atomic E-state index is -0.711. The molecule has 0 aliphatic heterocycles. The van der Waals surface area contributed by atoms with Gasteiger partial charge in [0.05, 0.1) is 17.6 Å². The summed E-state index contributed by atoms with van der Waals surface area (Å²) >= 11 is 0. The molecule has 1 heterocycles. The van der Waals surface area contributed by atoms with E-state index in [1.54, 1.807) is 6.07 Å². The zero-order valence-corrected chi connectivity index (χ0v) is 20.9. The van der Waals surface area contributed by atoms with Crippen molar-refractivity contribution in [3.63, 3.8) is 0 Å². The summed E-state index contributed by atoms with van der Waals surface area (Å²) in [5.74, 6) is 1.36. The quantitative estimate of drug-likeness (QED) is 0.166. The molecule has 0 bridgehead atoms. The van der Waals surface area contributed by atoms with E-state index >= 15 is 0 Å². The maximum atomic E-state index is 12.2. The van der Waals surface area contributed by atoms with Gasteiger partial charge in [0.2, 0.25) is 5.95 Å². The predicted molar refractivity (Wildman–Crippen MR) is 141 cm³/mol. The zero-order chi connectivity index (χ0) is 24.8. The van der Waals surface area contributed by atoms with Crippen molar-refractivity contribution in [1.82, 2.24) is 9.55 Å². The molecule has 3 aromatic carbocycles. The first kappa shape index (κ1) is 24.3. The van der Waals surface area contributed by atoms with Gasteiger partial charge >= 0.3 is 6.16 Å². The van der Waals surface area contributed by atoms with Crippen molar-refractivity contribution in [3.8, 4) is 16.9 Å². The van der Waals surface area contributed by atoms with Gasteiger partial charge in [-0.25, -0.2) is 9.78 Å². The van der Waals surface area contributed by atoms with Gasteiger partial charge in [0, 0.05) is 12.1 Å². The third kappa shape index (κ3) is 6.21. The molecule has 1 aromatic heterocycles. The van der Waals surface area contributed by atoms with Crippen LogP contribution < -0.4 is 10.1 Å². The molecule has 1 N–H and O–H groups in total. The summed E-state index contributed by atoms with van der Waals surface area (Å²) in [6.45, 7) is 9.22. The molecule has 0 fully saturated rings. The van der Waals surface area contributed by atoms with E-state index in [0.717, 1.165) is 53.1 Å². The van der Waals surface area contributed by atoms with Crippen LogP contribution in [0.5, 0.6) is 5.75 Å². The summed E-state index contributed by atoms with van der Waals surface area (Å²) in [7, 11) is 0. The van der Waals surface area contributed by atoms with E-state index in [0.29, 0.717) is 12.3 Å². The molecule has 0 saturated carbocycles. The van der Waals surface area contributed by atoms with Crippen LogP contribution in [-0.4, -0.2) is 27.9 Å². The Kier molecular flexibility index (Phi) is 7.39. The Balaban J connectivity index is 1.56. The Labute approximate surface area is 206 Å². The first-order valence-corrected chi connectivity index (χ1v) is 12.1. The van der Waals surface area contributed by atoms with Gasteiger partial charge in [-0.2, -0.15) is 0 Å². The molecule has 35 heavy (non-hydrogen) atoms. The molecule has 0 amide bonds. The van der Waals surface area contributed by atoms with Crippen LogP contribution in [-0.2, 0) is 11.3 Å². The van der Waals surface area contributed by atoms with Crippen molar-refractivity contribution >= 4 is 23.1 Å². The maximum Gasteiger partial charge on any atom is 0.514 e. The molecule has 6 nitrogen and oxygen atoms in total. The number of nitrogens with one attached hydrogen (secondary N) is 1. The topological polar surface area (TPSA) is 65.4 Å². The van der Waals surface area contributed by atoms with Crippen molar-refractivity contribution < 1.29 is 14.3 Å². The Morgan fingerprint density at radius 1 is 0.971 bits per heavy atom. The van der Waals surface area contributed by atoms with Gasteiger partial charge in [-0.05, 0) is 56.5 Å². The lowest BCUT2D eigenvalue weighted by Crippen LogP contribution is -2.26. The average molecular weight is 472 g/mol. The molecule has 0 aliphatic carbocycles. The monoisotopic (exact) mass is 471 g/mol. The summed E-state index contributed by atoms with van der Waals surface area (Å²) in [5, 5.41) is 3.49. The first-order valence-electron chi connectivity index (χ1n) is 12.1. The highest BCUT2D eigenvalue weighted by atomic mass is 16.7. The highest BCUT2D eigenvalue weighted by molar-refractivity contribution is 5.79. The van der Waals surface area contributed by atoms with E-state index in [-0.39, 0.29) is 0 Å². The highest BCUT2D eigenvalue weighted by Crippen LogP contribution is 2.31. The molecule has 0 saturated heterocycles. The lowest BCUT2D eigenvalue weighted by molar-refractivity contribution is 0.0207. The van der Waals surface area contributed by atoms with Gasteiger partial charge in [-0.1, -0.05) is 67.9 Å². The fraction of sp³-hybridized carbons (Fsp3) is 0.310. The van der Waals surface area contributed by atoms with Gasteiger partial charge in [0.1, 0.15) is 11.4 Å². The van der Waals surface area contributed by atoms with Crippen LogP contribution in [0.15, 0.2) is 72.8 Å². The number of benzene rings is 3. The molecule has 4 rings (SSSR count). The minimum absolute atomic E-state index is 0.470. The maximum absolute atomic E-state index is 12.2. The number of hydrogen-bond donors (Lipinski definition) is 1. The van der Waals surface area contributed by atoms with E-state index < -0.39 is 11.8 Å². The Morgan fingerprint density at radius 2 is 1.69 bits per heavy atom. The summed E-state index contributed by atoms with van der Waals surface area (Å²) < 4.78 is 13.1. The van der Waals surface area contributed by atoms with Crippen LogP contribution in [0, 0.1) is 0 Å². The van der Waals surface area contributed by atoms with E-state index in [4.69, 9.17) is 14.5 Å². The van der Waals surface area contributed by atoms with Crippen molar-refractivity contribution in [1.29, 1.82) is 0 Å². The van der Waals surface area contributed by atoms with Gasteiger partial charge in [0.15, 0.2) is 0 Å². The molecule has 0 aliphatic rings. The van der Waals surface area contributed by atoms with Crippen LogP contribution in [0.3, 0.4) is 0 Å². The third-order valence-electron chi connectivity index (χ3n) is 5.54. The lowest BCUT2D eigenvalue weighted by Gasteiger charge is -2.19. The van der Waals surface area contributed by atoms with Crippen molar-refractivity contribution in [2.75, 3.05) is 11.9 Å². The SMILES string of the molecule is CCCCNc1nc2ccccc2n1Cc1ccc(-c2ccccc2OC(=O)OC(C)(C)C)cc1. The molecule has 4 aromatic rings. The molecule has 0 unspecified atom stereocenters. The number of unbranched alkanes of at least 4 members (excludes halogenated alkanes) is 1. The second-order valence-electron chi connectivity index (χ2n) is 9.55.